The summed E-state index contributed by atoms with van der Waals surface area (Å²) in [6.07, 6.45) is 1.41. The van der Waals surface area contributed by atoms with Gasteiger partial charge in [-0.05, 0) is 34.1 Å². The topological polar surface area (TPSA) is 97.1 Å². The molecule has 0 bridgehead atoms. The number of amides is 2. The van der Waals surface area contributed by atoms with Crippen LogP contribution in [0.2, 0.25) is 10.0 Å². The number of nitrogens with one attached hydrogen (secondary N) is 2. The fourth-order valence-electron chi connectivity index (χ4n) is 1.61. The van der Waals surface area contributed by atoms with Crippen LogP contribution in [-0.4, -0.2) is 16.8 Å². The van der Waals surface area contributed by atoms with Gasteiger partial charge in [0, 0.05) is 10.7 Å². The van der Waals surface area contributed by atoms with Gasteiger partial charge in [0.25, 0.3) is 11.8 Å². The zero-order valence-corrected chi connectivity index (χ0v) is 14.3. The Labute approximate surface area is 148 Å². The highest BCUT2D eigenvalue weighted by molar-refractivity contribution is 9.10. The van der Waals surface area contributed by atoms with E-state index in [4.69, 9.17) is 28.9 Å². The number of nitrogen functional groups attached to an aromatic ring is 1. The van der Waals surface area contributed by atoms with E-state index in [0.717, 1.165) is 6.07 Å². The first-order valence-corrected chi connectivity index (χ1v) is 7.51. The lowest BCUT2D eigenvalue weighted by molar-refractivity contribution is 0.0847. The lowest BCUT2D eigenvalue weighted by atomic mass is 10.2. The quantitative estimate of drug-likeness (QED) is 0.513. The summed E-state index contributed by atoms with van der Waals surface area (Å²) in [4.78, 5) is 27.8. The number of hydrazine groups is 1. The van der Waals surface area contributed by atoms with Crippen molar-refractivity contribution in [1.82, 2.24) is 15.8 Å². The van der Waals surface area contributed by atoms with Gasteiger partial charge in [0.05, 0.1) is 21.2 Å². The molecule has 0 aliphatic rings. The molecule has 0 fully saturated rings. The molecule has 2 rings (SSSR count). The van der Waals surface area contributed by atoms with Crippen LogP contribution < -0.4 is 16.6 Å². The van der Waals surface area contributed by atoms with Crippen molar-refractivity contribution < 1.29 is 14.0 Å². The molecular formula is C13H8BrCl2FN4O2. The molecule has 10 heteroatoms. The molecule has 0 spiro atoms. The maximum atomic E-state index is 13.4. The van der Waals surface area contributed by atoms with Crippen molar-refractivity contribution in [1.29, 1.82) is 0 Å². The number of rotatable bonds is 2. The van der Waals surface area contributed by atoms with Gasteiger partial charge in [0.2, 0.25) is 0 Å². The van der Waals surface area contributed by atoms with Crippen LogP contribution in [0.5, 0.6) is 0 Å². The van der Waals surface area contributed by atoms with E-state index >= 15 is 0 Å². The molecule has 0 saturated heterocycles. The summed E-state index contributed by atoms with van der Waals surface area (Å²) in [7, 11) is 0. The Morgan fingerprint density at radius 1 is 1.22 bits per heavy atom. The number of pyridine rings is 1. The van der Waals surface area contributed by atoms with Crippen LogP contribution >= 0.6 is 39.1 Å². The SMILES string of the molecule is Nc1ncc(Br)cc1C(=O)NNC(=O)c1c(Cl)ccc(F)c1Cl. The molecular weight excluding hydrogens is 414 g/mol. The van der Waals surface area contributed by atoms with Gasteiger partial charge in [-0.15, -0.1) is 0 Å². The number of benzene rings is 1. The molecule has 1 aromatic heterocycles. The summed E-state index contributed by atoms with van der Waals surface area (Å²) < 4.78 is 13.9. The largest absolute Gasteiger partial charge is 0.383 e. The lowest BCUT2D eigenvalue weighted by Gasteiger charge is -2.11. The Morgan fingerprint density at radius 3 is 2.57 bits per heavy atom. The second-order valence-electron chi connectivity index (χ2n) is 4.21. The molecule has 0 aliphatic carbocycles. The molecule has 2 amide bonds. The summed E-state index contributed by atoms with van der Waals surface area (Å²) in [5.74, 6) is -2.43. The zero-order chi connectivity index (χ0) is 17.1. The maximum absolute atomic E-state index is 13.4. The third-order valence-corrected chi connectivity index (χ3v) is 3.81. The predicted molar refractivity (Wildman–Crippen MR) is 87.7 cm³/mol. The smallest absolute Gasteiger partial charge is 0.273 e. The first kappa shape index (κ1) is 17.5. The number of hydrogen-bond acceptors (Lipinski definition) is 4. The van der Waals surface area contributed by atoms with Gasteiger partial charge < -0.3 is 5.73 Å². The third kappa shape index (κ3) is 3.90. The number of hydrogen-bond donors (Lipinski definition) is 3. The van der Waals surface area contributed by atoms with E-state index in [9.17, 15) is 14.0 Å². The Bertz CT molecular complexity index is 804. The van der Waals surface area contributed by atoms with E-state index in [1.165, 1.54) is 18.3 Å². The molecule has 6 nitrogen and oxygen atoms in total. The van der Waals surface area contributed by atoms with Crippen LogP contribution in [0.3, 0.4) is 0 Å². The first-order valence-electron chi connectivity index (χ1n) is 5.96. The normalized spacial score (nSPS) is 10.3. The molecule has 23 heavy (non-hydrogen) atoms. The fraction of sp³-hybridized carbons (Fsp3) is 0. The van der Waals surface area contributed by atoms with Gasteiger partial charge in [-0.25, -0.2) is 9.37 Å². The highest BCUT2D eigenvalue weighted by Crippen LogP contribution is 2.26. The standard InChI is InChI=1S/C13H8BrCl2FN4O2/c14-5-3-6(11(18)19-4-5)12(22)20-21-13(23)9-7(15)1-2-8(17)10(9)16/h1-4H,(H2,18,19)(H,20,22)(H,21,23). The van der Waals surface area contributed by atoms with Gasteiger partial charge in [-0.3, -0.25) is 20.4 Å². The number of carbonyl (C=O) groups excluding carboxylic acids is 2. The Kier molecular flexibility index (Phi) is 5.40. The first-order chi connectivity index (χ1) is 10.8. The van der Waals surface area contributed by atoms with Crippen molar-refractivity contribution in [2.45, 2.75) is 0 Å². The number of carbonyl (C=O) groups is 2. The van der Waals surface area contributed by atoms with Crippen molar-refractivity contribution in [3.63, 3.8) is 0 Å². The molecule has 1 aromatic carbocycles. The number of nitrogens with zero attached hydrogens (tertiary/aromatic N) is 1. The summed E-state index contributed by atoms with van der Waals surface area (Å²) in [5, 5.41) is -0.514. The minimum atomic E-state index is -0.880. The van der Waals surface area contributed by atoms with Crippen LogP contribution in [0, 0.1) is 5.82 Å². The van der Waals surface area contributed by atoms with E-state index in [0.29, 0.717) is 4.47 Å². The number of halogens is 4. The minimum Gasteiger partial charge on any atom is -0.383 e. The van der Waals surface area contributed by atoms with Crippen LogP contribution in [0.1, 0.15) is 20.7 Å². The van der Waals surface area contributed by atoms with Crippen molar-refractivity contribution in [3.8, 4) is 0 Å². The van der Waals surface area contributed by atoms with E-state index in [2.05, 4.69) is 31.8 Å². The monoisotopic (exact) mass is 420 g/mol. The molecule has 0 aliphatic heterocycles. The number of aromatic nitrogens is 1. The Hall–Kier alpha value is -1.90. The van der Waals surface area contributed by atoms with E-state index < -0.39 is 22.7 Å². The van der Waals surface area contributed by atoms with E-state index in [-0.39, 0.29) is 22.0 Å². The third-order valence-electron chi connectivity index (χ3n) is 2.69. The average Bonchev–Trinajstić information content (AvgIpc) is 2.51. The summed E-state index contributed by atoms with van der Waals surface area (Å²) in [6, 6.07) is 3.62. The molecule has 1 heterocycles. The lowest BCUT2D eigenvalue weighted by Crippen LogP contribution is -2.42. The Balaban J connectivity index is 2.15. The summed E-state index contributed by atoms with van der Waals surface area (Å²) in [5.41, 5.74) is 9.52. The Morgan fingerprint density at radius 2 is 1.87 bits per heavy atom. The number of anilines is 1. The van der Waals surface area contributed by atoms with E-state index in [1.54, 1.807) is 0 Å². The van der Waals surface area contributed by atoms with Gasteiger partial charge >= 0.3 is 0 Å². The molecule has 0 radical (unpaired) electrons. The molecule has 0 unspecified atom stereocenters. The van der Waals surface area contributed by atoms with E-state index in [1.807, 2.05) is 0 Å². The van der Waals surface area contributed by atoms with Gasteiger partial charge in [0.1, 0.15) is 11.6 Å². The fourth-order valence-corrected chi connectivity index (χ4v) is 2.48. The zero-order valence-electron chi connectivity index (χ0n) is 11.2. The molecule has 4 N–H and O–H groups in total. The highest BCUT2D eigenvalue weighted by Gasteiger charge is 2.19. The van der Waals surface area contributed by atoms with Crippen LogP contribution in [-0.2, 0) is 0 Å². The maximum Gasteiger partial charge on any atom is 0.273 e. The molecule has 0 atom stereocenters. The van der Waals surface area contributed by atoms with Crippen molar-refractivity contribution in [2.75, 3.05) is 5.73 Å². The van der Waals surface area contributed by atoms with Crippen LogP contribution in [0.15, 0.2) is 28.9 Å². The van der Waals surface area contributed by atoms with Crippen LogP contribution in [0.25, 0.3) is 0 Å². The number of nitrogens with two attached hydrogens (primary N) is 1. The van der Waals surface area contributed by atoms with Gasteiger partial charge in [-0.2, -0.15) is 0 Å². The summed E-state index contributed by atoms with van der Waals surface area (Å²) >= 11 is 14.7. The average molecular weight is 422 g/mol. The predicted octanol–water partition coefficient (Wildman–Crippen LogP) is 2.95. The van der Waals surface area contributed by atoms with Gasteiger partial charge in [0.15, 0.2) is 0 Å². The van der Waals surface area contributed by atoms with Gasteiger partial charge in [-0.1, -0.05) is 23.2 Å². The molecule has 2 aromatic rings. The summed E-state index contributed by atoms with van der Waals surface area (Å²) in [6.45, 7) is 0. The minimum absolute atomic E-state index is 0.0261. The highest BCUT2D eigenvalue weighted by atomic mass is 79.9. The second kappa shape index (κ2) is 7.12. The van der Waals surface area contributed by atoms with Crippen LogP contribution in [0.4, 0.5) is 10.2 Å². The van der Waals surface area contributed by atoms with Crippen molar-refractivity contribution >= 4 is 56.8 Å². The van der Waals surface area contributed by atoms with Crippen molar-refractivity contribution in [2.24, 2.45) is 0 Å². The molecule has 120 valence electrons. The molecule has 0 saturated carbocycles. The second-order valence-corrected chi connectivity index (χ2v) is 5.91. The van der Waals surface area contributed by atoms with Crippen molar-refractivity contribution in [3.05, 3.63) is 55.9 Å².